The molecule has 1 aliphatic heterocycles. The van der Waals surface area contributed by atoms with E-state index in [0.717, 1.165) is 5.56 Å². The first kappa shape index (κ1) is 27.3. The fraction of sp³-hybridized carbons (Fsp3) is 0.435. The van der Waals surface area contributed by atoms with Gasteiger partial charge in [-0.25, -0.2) is 4.79 Å². The average molecular weight is 478 g/mol. The lowest BCUT2D eigenvalue weighted by Crippen LogP contribution is -2.60. The van der Waals surface area contributed by atoms with E-state index in [-0.39, 0.29) is 18.7 Å². The number of aliphatic hydroxyl groups excluding tert-OH is 3. The van der Waals surface area contributed by atoms with Crippen molar-refractivity contribution in [1.29, 1.82) is 0 Å². The van der Waals surface area contributed by atoms with Crippen LogP contribution in [0.1, 0.15) is 24.0 Å². The number of nitrogens with zero attached hydrogens (tertiary/aromatic N) is 2. The third kappa shape index (κ3) is 6.35. The van der Waals surface area contributed by atoms with Crippen molar-refractivity contribution in [2.24, 2.45) is 0 Å². The van der Waals surface area contributed by atoms with E-state index in [9.17, 15) is 30.0 Å². The van der Waals surface area contributed by atoms with Gasteiger partial charge in [-0.15, -0.1) is 0 Å². The smallest absolute Gasteiger partial charge is 0.335 e. The van der Waals surface area contributed by atoms with E-state index in [1.807, 2.05) is 25.1 Å². The number of ether oxygens (including phenoxy) is 2. The topological polar surface area (TPSA) is 185 Å². The molecule has 2 aromatic rings. The van der Waals surface area contributed by atoms with E-state index >= 15 is 0 Å². The maximum atomic E-state index is 13.5. The monoisotopic (exact) mass is 477 g/mol. The fourth-order valence-corrected chi connectivity index (χ4v) is 3.65. The number of carboxylic acid groups (broad SMARTS) is 1. The SMILES string of the molecule is CCN(Cc1ccncc1)C(=O)C(CO[C@@H]1O[C@H](C(=O)O)[C@@H](O)[C@H](O)[C@H]1O)c1ccccc1.N. The number of aliphatic hydroxyl groups is 3. The molecule has 1 aromatic heterocycles. The second kappa shape index (κ2) is 12.5. The number of benzene rings is 1. The van der Waals surface area contributed by atoms with Gasteiger partial charge in [-0.1, -0.05) is 30.3 Å². The molecule has 0 aliphatic carbocycles. The molecule has 11 heteroatoms. The lowest BCUT2D eigenvalue weighted by Gasteiger charge is -2.39. The highest BCUT2D eigenvalue weighted by Crippen LogP contribution is 2.26. The van der Waals surface area contributed by atoms with Crippen molar-refractivity contribution in [3.8, 4) is 0 Å². The number of carbonyl (C=O) groups excluding carboxylic acids is 1. The van der Waals surface area contributed by atoms with Crippen LogP contribution < -0.4 is 6.15 Å². The highest BCUT2D eigenvalue weighted by molar-refractivity contribution is 5.84. The van der Waals surface area contributed by atoms with Crippen LogP contribution in [0.3, 0.4) is 0 Å². The first-order valence-corrected chi connectivity index (χ1v) is 10.6. The molecule has 6 atom stereocenters. The number of hydrogen-bond donors (Lipinski definition) is 5. The molecule has 1 saturated heterocycles. The van der Waals surface area contributed by atoms with Crippen molar-refractivity contribution in [1.82, 2.24) is 16.0 Å². The molecule has 2 heterocycles. The first-order chi connectivity index (χ1) is 15.8. The van der Waals surface area contributed by atoms with Crippen LogP contribution >= 0.6 is 0 Å². The fourth-order valence-electron chi connectivity index (χ4n) is 3.65. The zero-order chi connectivity index (χ0) is 24.0. The maximum Gasteiger partial charge on any atom is 0.335 e. The Morgan fingerprint density at radius 2 is 1.71 bits per heavy atom. The third-order valence-corrected chi connectivity index (χ3v) is 5.56. The molecule has 1 fully saturated rings. The third-order valence-electron chi connectivity index (χ3n) is 5.56. The second-order valence-electron chi connectivity index (χ2n) is 7.74. The van der Waals surface area contributed by atoms with Crippen LogP contribution in [0.25, 0.3) is 0 Å². The summed E-state index contributed by atoms with van der Waals surface area (Å²) in [7, 11) is 0. The summed E-state index contributed by atoms with van der Waals surface area (Å²) in [5.41, 5.74) is 1.57. The lowest BCUT2D eigenvalue weighted by molar-refractivity contribution is -0.294. The normalized spacial score (nSPS) is 25.1. The summed E-state index contributed by atoms with van der Waals surface area (Å²) in [6.07, 6.45) is -5.33. The van der Waals surface area contributed by atoms with Crippen LogP contribution in [0.2, 0.25) is 0 Å². The summed E-state index contributed by atoms with van der Waals surface area (Å²) >= 11 is 0. The number of aromatic nitrogens is 1. The van der Waals surface area contributed by atoms with E-state index in [4.69, 9.17) is 9.47 Å². The van der Waals surface area contributed by atoms with E-state index < -0.39 is 42.6 Å². The van der Waals surface area contributed by atoms with E-state index in [0.29, 0.717) is 18.7 Å². The predicted molar refractivity (Wildman–Crippen MR) is 120 cm³/mol. The van der Waals surface area contributed by atoms with E-state index in [1.165, 1.54) is 0 Å². The number of likely N-dealkylation sites (N-methyl/N-ethyl adjacent to an activating group) is 1. The minimum absolute atomic E-state index is 0. The number of pyridine rings is 1. The molecule has 34 heavy (non-hydrogen) atoms. The van der Waals surface area contributed by atoms with Gasteiger partial charge in [-0.3, -0.25) is 9.78 Å². The molecule has 0 bridgehead atoms. The Morgan fingerprint density at radius 1 is 1.06 bits per heavy atom. The highest BCUT2D eigenvalue weighted by atomic mass is 16.7. The van der Waals surface area contributed by atoms with Crippen LogP contribution in [0.5, 0.6) is 0 Å². The van der Waals surface area contributed by atoms with Crippen molar-refractivity contribution < 1.29 is 39.5 Å². The molecular formula is C23H31N3O8. The Morgan fingerprint density at radius 3 is 2.29 bits per heavy atom. The number of rotatable bonds is 9. The molecule has 1 aromatic carbocycles. The second-order valence-corrected chi connectivity index (χ2v) is 7.74. The number of hydrogen-bond acceptors (Lipinski definition) is 9. The number of carbonyl (C=O) groups is 2. The number of carboxylic acids is 1. The molecule has 7 N–H and O–H groups in total. The molecule has 1 amide bonds. The van der Waals surface area contributed by atoms with E-state index in [2.05, 4.69) is 4.98 Å². The Balaban J connectivity index is 0.00000408. The summed E-state index contributed by atoms with van der Waals surface area (Å²) in [5, 5.41) is 39.3. The zero-order valence-electron chi connectivity index (χ0n) is 18.8. The average Bonchev–Trinajstić information content (AvgIpc) is 2.83. The molecule has 3 rings (SSSR count). The van der Waals surface area contributed by atoms with Gasteiger partial charge in [0.15, 0.2) is 12.4 Å². The van der Waals surface area contributed by atoms with Gasteiger partial charge in [0.25, 0.3) is 0 Å². The van der Waals surface area contributed by atoms with Crippen molar-refractivity contribution in [2.45, 2.75) is 50.1 Å². The molecule has 11 nitrogen and oxygen atoms in total. The Bertz CT molecular complexity index is 917. The molecule has 0 spiro atoms. The first-order valence-electron chi connectivity index (χ1n) is 10.6. The standard InChI is InChI=1S/C23H28N2O8.H3N/c1-2-25(12-14-8-10-24-11-9-14)21(29)16(15-6-4-3-5-7-15)13-32-23-19(28)17(26)18(27)20(33-23)22(30)31;/h3-11,16-20,23,26-28H,2,12-13H2,1H3,(H,30,31);1H3/t16?,17-,18-,19+,20-,23+;/m0./s1. The van der Waals surface area contributed by atoms with Gasteiger partial charge in [-0.05, 0) is 30.2 Å². The summed E-state index contributed by atoms with van der Waals surface area (Å²) in [4.78, 5) is 30.4. The van der Waals surface area contributed by atoms with Gasteiger partial charge < -0.3 is 41.0 Å². The minimum atomic E-state index is -1.82. The molecule has 0 radical (unpaired) electrons. The quantitative estimate of drug-likeness (QED) is 0.336. The number of aliphatic carboxylic acids is 1. The number of amides is 1. The van der Waals surface area contributed by atoms with Gasteiger partial charge in [0, 0.05) is 25.5 Å². The summed E-state index contributed by atoms with van der Waals surface area (Å²) in [6.45, 7) is 2.40. The van der Waals surface area contributed by atoms with Gasteiger partial charge in [0.2, 0.25) is 5.91 Å². The van der Waals surface area contributed by atoms with Crippen molar-refractivity contribution >= 4 is 11.9 Å². The van der Waals surface area contributed by atoms with Gasteiger partial charge in [-0.2, -0.15) is 0 Å². The van der Waals surface area contributed by atoms with Crippen LogP contribution in [-0.4, -0.2) is 86.0 Å². The van der Waals surface area contributed by atoms with E-state index in [1.54, 1.807) is 41.6 Å². The predicted octanol–water partition coefficient (Wildman–Crippen LogP) is 0.285. The van der Waals surface area contributed by atoms with Crippen molar-refractivity contribution in [3.05, 3.63) is 66.0 Å². The molecule has 1 aliphatic rings. The van der Waals surface area contributed by atoms with Gasteiger partial charge >= 0.3 is 5.97 Å². The zero-order valence-corrected chi connectivity index (χ0v) is 18.8. The summed E-state index contributed by atoms with van der Waals surface area (Å²) < 4.78 is 10.8. The Hall–Kier alpha value is -2.93. The molecule has 186 valence electrons. The van der Waals surface area contributed by atoms with Crippen LogP contribution in [0.4, 0.5) is 0 Å². The van der Waals surface area contributed by atoms with Crippen LogP contribution in [-0.2, 0) is 25.6 Å². The maximum absolute atomic E-state index is 13.5. The lowest BCUT2D eigenvalue weighted by atomic mass is 9.97. The largest absolute Gasteiger partial charge is 0.479 e. The Kier molecular flexibility index (Phi) is 10.1. The van der Waals surface area contributed by atoms with Crippen LogP contribution in [0, 0.1) is 0 Å². The van der Waals surface area contributed by atoms with Gasteiger partial charge in [0.05, 0.1) is 12.5 Å². The molecule has 1 unspecified atom stereocenters. The minimum Gasteiger partial charge on any atom is -0.479 e. The molecule has 0 saturated carbocycles. The highest BCUT2D eigenvalue weighted by Gasteiger charge is 2.47. The van der Waals surface area contributed by atoms with Crippen molar-refractivity contribution in [2.75, 3.05) is 13.2 Å². The summed E-state index contributed by atoms with van der Waals surface area (Å²) in [6, 6.07) is 12.5. The van der Waals surface area contributed by atoms with Crippen molar-refractivity contribution in [3.63, 3.8) is 0 Å². The van der Waals surface area contributed by atoms with Crippen LogP contribution in [0.15, 0.2) is 54.9 Å². The molecular weight excluding hydrogens is 446 g/mol. The van der Waals surface area contributed by atoms with Gasteiger partial charge in [0.1, 0.15) is 18.3 Å². The summed E-state index contributed by atoms with van der Waals surface area (Å²) in [5.74, 6) is -2.52. The Labute approximate surface area is 197 Å².